The molecule has 1 aliphatic rings. The van der Waals surface area contributed by atoms with Crippen molar-refractivity contribution < 1.29 is 0 Å². The van der Waals surface area contributed by atoms with Crippen molar-refractivity contribution in [1.29, 1.82) is 0 Å². The molecule has 0 atom stereocenters. The van der Waals surface area contributed by atoms with Crippen molar-refractivity contribution in [3.63, 3.8) is 0 Å². The van der Waals surface area contributed by atoms with Crippen molar-refractivity contribution in [1.82, 2.24) is 9.88 Å². The molecule has 0 amide bonds. The third-order valence-electron chi connectivity index (χ3n) is 2.23. The molecule has 0 saturated carbocycles. The van der Waals surface area contributed by atoms with Crippen LogP contribution >= 0.6 is 0 Å². The lowest BCUT2D eigenvalue weighted by atomic mass is 10.2. The van der Waals surface area contributed by atoms with E-state index in [1.807, 2.05) is 19.2 Å². The molecule has 0 radical (unpaired) electrons. The van der Waals surface area contributed by atoms with Gasteiger partial charge in [0, 0.05) is 19.3 Å². The minimum Gasteiger partial charge on any atom is -0.282 e. The first-order chi connectivity index (χ1) is 6.40. The SMILES string of the molecule is CC#CCN1Cc2cccnc2C1. The number of aromatic nitrogens is 1. The summed E-state index contributed by atoms with van der Waals surface area (Å²) in [4.78, 5) is 6.63. The van der Waals surface area contributed by atoms with E-state index in [1.54, 1.807) is 0 Å². The molecule has 13 heavy (non-hydrogen) atoms. The summed E-state index contributed by atoms with van der Waals surface area (Å²) in [5.41, 5.74) is 2.56. The second-order valence-electron chi connectivity index (χ2n) is 3.18. The summed E-state index contributed by atoms with van der Waals surface area (Å²) in [6.45, 7) is 4.68. The fourth-order valence-corrected chi connectivity index (χ4v) is 1.57. The third kappa shape index (κ3) is 1.71. The molecule has 0 unspecified atom stereocenters. The van der Waals surface area contributed by atoms with Crippen molar-refractivity contribution in [2.45, 2.75) is 20.0 Å². The molecule has 2 heterocycles. The molecule has 1 aliphatic heterocycles. The Morgan fingerprint density at radius 3 is 3.23 bits per heavy atom. The molecule has 2 rings (SSSR count). The van der Waals surface area contributed by atoms with Gasteiger partial charge in [-0.25, -0.2) is 0 Å². The molecule has 0 spiro atoms. The average Bonchev–Trinajstić information content (AvgIpc) is 2.57. The molecular weight excluding hydrogens is 160 g/mol. The highest BCUT2D eigenvalue weighted by molar-refractivity contribution is 5.23. The Kier molecular flexibility index (Phi) is 2.29. The summed E-state index contributed by atoms with van der Waals surface area (Å²) in [6, 6.07) is 4.13. The Balaban J connectivity index is 2.08. The minimum absolute atomic E-state index is 0.854. The lowest BCUT2D eigenvalue weighted by molar-refractivity contribution is 0.320. The molecule has 1 aromatic rings. The van der Waals surface area contributed by atoms with E-state index in [-0.39, 0.29) is 0 Å². The number of fused-ring (bicyclic) bond motifs is 1. The number of hydrogen-bond donors (Lipinski definition) is 0. The van der Waals surface area contributed by atoms with Gasteiger partial charge in [-0.05, 0) is 18.6 Å². The van der Waals surface area contributed by atoms with Crippen molar-refractivity contribution in [2.75, 3.05) is 6.54 Å². The molecule has 0 bridgehead atoms. The Hall–Kier alpha value is -1.33. The van der Waals surface area contributed by atoms with Crippen LogP contribution in [0, 0.1) is 11.8 Å². The molecule has 1 aromatic heterocycles. The number of pyridine rings is 1. The van der Waals surface area contributed by atoms with Gasteiger partial charge >= 0.3 is 0 Å². The van der Waals surface area contributed by atoms with Crippen LogP contribution in [0.5, 0.6) is 0 Å². The van der Waals surface area contributed by atoms with Crippen LogP contribution in [0.2, 0.25) is 0 Å². The average molecular weight is 172 g/mol. The van der Waals surface area contributed by atoms with Gasteiger partial charge < -0.3 is 0 Å². The van der Waals surface area contributed by atoms with Crippen LogP contribution in [0.25, 0.3) is 0 Å². The van der Waals surface area contributed by atoms with Gasteiger partial charge in [-0.3, -0.25) is 9.88 Å². The Morgan fingerprint density at radius 2 is 2.46 bits per heavy atom. The smallest absolute Gasteiger partial charge is 0.0608 e. The van der Waals surface area contributed by atoms with Gasteiger partial charge in [0.15, 0.2) is 0 Å². The fraction of sp³-hybridized carbons (Fsp3) is 0.364. The number of rotatable bonds is 1. The van der Waals surface area contributed by atoms with Crippen LogP contribution in [0.3, 0.4) is 0 Å². The maximum absolute atomic E-state index is 4.33. The number of hydrogen-bond acceptors (Lipinski definition) is 2. The van der Waals surface area contributed by atoms with Crippen molar-refractivity contribution >= 4 is 0 Å². The first-order valence-electron chi connectivity index (χ1n) is 4.45. The molecule has 2 heteroatoms. The predicted octanol–water partition coefficient (Wildman–Crippen LogP) is 1.42. The van der Waals surface area contributed by atoms with Gasteiger partial charge in [-0.2, -0.15) is 0 Å². The summed E-state index contributed by atoms with van der Waals surface area (Å²) in [5.74, 6) is 5.98. The maximum atomic E-state index is 4.33. The van der Waals surface area contributed by atoms with Crippen LogP contribution in [0.1, 0.15) is 18.2 Å². The summed E-state index contributed by atoms with van der Waals surface area (Å²) < 4.78 is 0. The lowest BCUT2D eigenvalue weighted by Gasteiger charge is -2.08. The standard InChI is InChI=1S/C11H12N2/c1-2-3-7-13-8-10-5-4-6-12-11(10)9-13/h4-6H,7-9H2,1H3. The Bertz CT molecular complexity index is 335. The van der Waals surface area contributed by atoms with E-state index >= 15 is 0 Å². The molecule has 66 valence electrons. The van der Waals surface area contributed by atoms with E-state index in [2.05, 4.69) is 27.8 Å². The topological polar surface area (TPSA) is 16.1 Å². The monoisotopic (exact) mass is 172 g/mol. The lowest BCUT2D eigenvalue weighted by Crippen LogP contribution is -2.16. The minimum atomic E-state index is 0.854. The zero-order valence-corrected chi connectivity index (χ0v) is 7.75. The van der Waals surface area contributed by atoms with Crippen molar-refractivity contribution in [2.24, 2.45) is 0 Å². The fourth-order valence-electron chi connectivity index (χ4n) is 1.57. The second-order valence-corrected chi connectivity index (χ2v) is 3.18. The maximum Gasteiger partial charge on any atom is 0.0608 e. The summed E-state index contributed by atoms with van der Waals surface area (Å²) in [7, 11) is 0. The highest BCUT2D eigenvalue weighted by atomic mass is 15.1. The van der Waals surface area contributed by atoms with Gasteiger partial charge in [-0.15, -0.1) is 5.92 Å². The second kappa shape index (κ2) is 3.59. The first kappa shape index (κ1) is 8.28. The Labute approximate surface area is 78.6 Å². The highest BCUT2D eigenvalue weighted by Crippen LogP contribution is 2.18. The van der Waals surface area contributed by atoms with Crippen LogP contribution < -0.4 is 0 Å². The van der Waals surface area contributed by atoms with Crippen LogP contribution in [0.4, 0.5) is 0 Å². The molecule has 0 saturated heterocycles. The van der Waals surface area contributed by atoms with Crippen molar-refractivity contribution in [3.8, 4) is 11.8 Å². The molecule has 0 aromatic carbocycles. The predicted molar refractivity (Wildman–Crippen MR) is 51.8 cm³/mol. The normalized spacial score (nSPS) is 14.8. The van der Waals surface area contributed by atoms with Crippen LogP contribution in [-0.4, -0.2) is 16.4 Å². The Morgan fingerprint density at radius 1 is 1.54 bits per heavy atom. The molecule has 2 nitrogen and oxygen atoms in total. The van der Waals surface area contributed by atoms with Gasteiger partial charge in [0.05, 0.1) is 12.2 Å². The zero-order valence-electron chi connectivity index (χ0n) is 7.75. The summed E-state index contributed by atoms with van der Waals surface area (Å²) in [5, 5.41) is 0. The molecule has 0 N–H and O–H groups in total. The van der Waals surface area contributed by atoms with E-state index in [4.69, 9.17) is 0 Å². The van der Waals surface area contributed by atoms with Gasteiger partial charge in [0.25, 0.3) is 0 Å². The van der Waals surface area contributed by atoms with E-state index < -0.39 is 0 Å². The highest BCUT2D eigenvalue weighted by Gasteiger charge is 2.17. The van der Waals surface area contributed by atoms with E-state index in [9.17, 15) is 0 Å². The summed E-state index contributed by atoms with van der Waals surface area (Å²) in [6.07, 6.45) is 1.85. The van der Waals surface area contributed by atoms with E-state index in [0.29, 0.717) is 0 Å². The van der Waals surface area contributed by atoms with E-state index in [0.717, 1.165) is 19.6 Å². The third-order valence-corrected chi connectivity index (χ3v) is 2.23. The van der Waals surface area contributed by atoms with Gasteiger partial charge in [0.1, 0.15) is 0 Å². The summed E-state index contributed by atoms with van der Waals surface area (Å²) >= 11 is 0. The molecule has 0 aliphatic carbocycles. The van der Waals surface area contributed by atoms with Crippen LogP contribution in [-0.2, 0) is 13.1 Å². The number of nitrogens with zero attached hydrogens (tertiary/aromatic N) is 2. The molecular formula is C11H12N2. The van der Waals surface area contributed by atoms with Gasteiger partial charge in [-0.1, -0.05) is 12.0 Å². The largest absolute Gasteiger partial charge is 0.282 e. The quantitative estimate of drug-likeness (QED) is 0.595. The zero-order chi connectivity index (χ0) is 9.10. The van der Waals surface area contributed by atoms with E-state index in [1.165, 1.54) is 11.3 Å². The van der Waals surface area contributed by atoms with Crippen LogP contribution in [0.15, 0.2) is 18.3 Å². The van der Waals surface area contributed by atoms with Crippen molar-refractivity contribution in [3.05, 3.63) is 29.6 Å². The first-order valence-corrected chi connectivity index (χ1v) is 4.45. The van der Waals surface area contributed by atoms with Gasteiger partial charge in [0.2, 0.25) is 0 Å². The molecule has 0 fully saturated rings.